The first kappa shape index (κ1) is 34.9. The summed E-state index contributed by atoms with van der Waals surface area (Å²) in [6.45, 7) is 0.923. The van der Waals surface area contributed by atoms with E-state index in [0.29, 0.717) is 25.0 Å². The molecule has 14 nitrogen and oxygen atoms in total. The molecule has 0 aliphatic carbocycles. The molecule has 1 heterocycles. The molecule has 2 N–H and O–H groups in total. The Morgan fingerprint density at radius 3 is 2.24 bits per heavy atom. The summed E-state index contributed by atoms with van der Waals surface area (Å²) in [6.07, 6.45) is -3.23. The normalized spacial score (nSPS) is 11.7. The molecule has 1 aromatic heterocycles. The van der Waals surface area contributed by atoms with Crippen molar-refractivity contribution in [2.75, 3.05) is 82.6 Å². The number of rotatable bonds is 15. The highest BCUT2D eigenvalue weighted by atomic mass is 32.2. The Morgan fingerprint density at radius 2 is 1.67 bits per heavy atom. The maximum absolute atomic E-state index is 14.0. The molecule has 0 amide bonds. The Bertz CT molecular complexity index is 1620. The molecule has 0 bridgehead atoms. The highest BCUT2D eigenvalue weighted by Gasteiger charge is 2.36. The summed E-state index contributed by atoms with van der Waals surface area (Å²) in [5.41, 5.74) is -1.24. The van der Waals surface area contributed by atoms with E-state index in [0.717, 1.165) is 12.3 Å². The Hall–Kier alpha value is -4.58. The van der Waals surface area contributed by atoms with Gasteiger partial charge in [0.25, 0.3) is 5.69 Å². The lowest BCUT2D eigenvalue weighted by Gasteiger charge is -2.23. The van der Waals surface area contributed by atoms with Crippen molar-refractivity contribution in [1.29, 1.82) is 0 Å². The van der Waals surface area contributed by atoms with E-state index in [1.54, 1.807) is 11.9 Å². The molecule has 0 saturated heterocycles. The molecular weight excluding hydrogens is 623 g/mol. The fourth-order valence-electron chi connectivity index (χ4n) is 3.91. The van der Waals surface area contributed by atoms with Crippen LogP contribution in [0.5, 0.6) is 17.2 Å². The SMILES string of the molecule is COc1cc(OCCS(C)(=O)=O)ccc1Nc1ncc(C(F)(F)F)c(Nc2cc([N+](=O)[O-])c(N(C)CCN(C)C)cc2OC)n1. The number of ether oxygens (including phenoxy) is 3. The largest absolute Gasteiger partial charge is 0.494 e. The van der Waals surface area contributed by atoms with Crippen LogP contribution in [-0.4, -0.2) is 95.3 Å². The quantitative estimate of drug-likeness (QED) is 0.176. The molecule has 246 valence electrons. The second-order valence-electron chi connectivity index (χ2n) is 10.1. The van der Waals surface area contributed by atoms with E-state index in [-0.39, 0.29) is 52.6 Å². The van der Waals surface area contributed by atoms with Crippen LogP contribution in [0.1, 0.15) is 5.56 Å². The molecule has 45 heavy (non-hydrogen) atoms. The first-order valence-electron chi connectivity index (χ1n) is 13.2. The predicted molar refractivity (Wildman–Crippen MR) is 163 cm³/mol. The fraction of sp³-hybridized carbons (Fsp3) is 0.407. The van der Waals surface area contributed by atoms with Gasteiger partial charge in [-0.05, 0) is 26.2 Å². The van der Waals surface area contributed by atoms with Crippen LogP contribution in [0.25, 0.3) is 0 Å². The Balaban J connectivity index is 1.98. The minimum Gasteiger partial charge on any atom is -0.494 e. The van der Waals surface area contributed by atoms with Crippen LogP contribution in [0.15, 0.2) is 36.5 Å². The monoisotopic (exact) mass is 657 g/mol. The third kappa shape index (κ3) is 9.70. The third-order valence-electron chi connectivity index (χ3n) is 6.28. The Morgan fingerprint density at radius 1 is 1.00 bits per heavy atom. The van der Waals surface area contributed by atoms with Crippen molar-refractivity contribution in [2.24, 2.45) is 0 Å². The smallest absolute Gasteiger partial charge is 0.421 e. The zero-order valence-corrected chi connectivity index (χ0v) is 26.2. The number of anilines is 5. The number of benzene rings is 2. The third-order valence-corrected chi connectivity index (χ3v) is 7.19. The summed E-state index contributed by atoms with van der Waals surface area (Å²) in [5.74, 6) is -0.614. The second-order valence-corrected chi connectivity index (χ2v) is 12.3. The molecule has 0 fully saturated rings. The van der Waals surface area contributed by atoms with Gasteiger partial charge in [0.15, 0.2) is 9.84 Å². The highest BCUT2D eigenvalue weighted by molar-refractivity contribution is 7.90. The molecule has 3 rings (SSSR count). The average Bonchev–Trinajstić information content (AvgIpc) is 2.95. The van der Waals surface area contributed by atoms with Crippen molar-refractivity contribution in [3.63, 3.8) is 0 Å². The standard InChI is InChI=1S/C27H34F3N7O7S/c1-35(2)9-10-36(3)21-15-24(43-5)20(14-22(21)37(38)39)32-25-18(27(28,29)30)16-31-26(34-25)33-19-8-7-17(13-23(19)42-4)44-11-12-45(6,40)41/h7-8,13-16H,9-12H2,1-6H3,(H2,31,32,33,34). The van der Waals surface area contributed by atoms with Gasteiger partial charge in [-0.2, -0.15) is 18.2 Å². The molecule has 0 aliphatic heterocycles. The van der Waals surface area contributed by atoms with E-state index in [2.05, 4.69) is 20.6 Å². The number of nitro groups is 1. The number of hydrogen-bond donors (Lipinski definition) is 2. The molecule has 0 aliphatic rings. The van der Waals surface area contributed by atoms with Crippen molar-refractivity contribution in [1.82, 2.24) is 14.9 Å². The summed E-state index contributed by atoms with van der Waals surface area (Å²) in [5, 5.41) is 17.3. The van der Waals surface area contributed by atoms with Gasteiger partial charge in [-0.3, -0.25) is 10.1 Å². The maximum Gasteiger partial charge on any atom is 0.421 e. The predicted octanol–water partition coefficient (Wildman–Crippen LogP) is 4.33. The lowest BCUT2D eigenvalue weighted by molar-refractivity contribution is -0.384. The van der Waals surface area contributed by atoms with Crippen LogP contribution in [-0.2, 0) is 16.0 Å². The topological polar surface area (TPSA) is 161 Å². The van der Waals surface area contributed by atoms with Crippen LogP contribution < -0.4 is 29.7 Å². The van der Waals surface area contributed by atoms with E-state index in [4.69, 9.17) is 14.2 Å². The number of aromatic nitrogens is 2. The molecular formula is C27H34F3N7O7S. The van der Waals surface area contributed by atoms with Crippen molar-refractivity contribution >= 4 is 44.4 Å². The summed E-state index contributed by atoms with van der Waals surface area (Å²) in [4.78, 5) is 22.7. The van der Waals surface area contributed by atoms with Gasteiger partial charge in [0, 0.05) is 50.8 Å². The van der Waals surface area contributed by atoms with E-state index < -0.39 is 32.3 Å². The van der Waals surface area contributed by atoms with Crippen molar-refractivity contribution in [2.45, 2.75) is 6.18 Å². The van der Waals surface area contributed by atoms with Crippen LogP contribution in [0.4, 0.5) is 47.7 Å². The van der Waals surface area contributed by atoms with Gasteiger partial charge in [0.1, 0.15) is 40.9 Å². The lowest BCUT2D eigenvalue weighted by Crippen LogP contribution is -2.29. The van der Waals surface area contributed by atoms with Gasteiger partial charge in [-0.1, -0.05) is 0 Å². The van der Waals surface area contributed by atoms with Gasteiger partial charge >= 0.3 is 6.18 Å². The maximum atomic E-state index is 14.0. The van der Waals surface area contributed by atoms with Crippen molar-refractivity contribution in [3.8, 4) is 17.2 Å². The average molecular weight is 658 g/mol. The second kappa shape index (κ2) is 14.5. The summed E-state index contributed by atoms with van der Waals surface area (Å²) in [7, 11) is 4.76. The van der Waals surface area contributed by atoms with Crippen LogP contribution >= 0.6 is 0 Å². The Kier molecular flexibility index (Phi) is 11.2. The zero-order valence-electron chi connectivity index (χ0n) is 25.4. The molecule has 0 atom stereocenters. The molecule has 3 aromatic rings. The molecule has 2 aromatic carbocycles. The van der Waals surface area contributed by atoms with E-state index in [1.165, 1.54) is 38.5 Å². The van der Waals surface area contributed by atoms with Crippen LogP contribution in [0.3, 0.4) is 0 Å². The number of halogens is 3. The fourth-order valence-corrected chi connectivity index (χ4v) is 4.30. The molecule has 0 unspecified atom stereocenters. The number of nitro benzene ring substituents is 1. The first-order chi connectivity index (χ1) is 21.0. The van der Waals surface area contributed by atoms with Crippen LogP contribution in [0.2, 0.25) is 0 Å². The van der Waals surface area contributed by atoms with Gasteiger partial charge in [0.2, 0.25) is 5.95 Å². The Labute approximate surface area is 258 Å². The number of hydrogen-bond acceptors (Lipinski definition) is 13. The molecule has 0 saturated carbocycles. The highest BCUT2D eigenvalue weighted by Crippen LogP contribution is 2.42. The summed E-state index contributed by atoms with van der Waals surface area (Å²) >= 11 is 0. The lowest BCUT2D eigenvalue weighted by atomic mass is 10.2. The number of likely N-dealkylation sites (N-methyl/N-ethyl adjacent to an activating group) is 2. The van der Waals surface area contributed by atoms with E-state index in [1.807, 2.05) is 19.0 Å². The number of nitrogens with one attached hydrogen (secondary N) is 2. The minimum absolute atomic E-state index is 0.0432. The summed E-state index contributed by atoms with van der Waals surface area (Å²) in [6, 6.07) is 6.89. The van der Waals surface area contributed by atoms with Gasteiger partial charge in [-0.15, -0.1) is 0 Å². The molecule has 0 radical (unpaired) electrons. The molecule has 18 heteroatoms. The van der Waals surface area contributed by atoms with Gasteiger partial charge in [0.05, 0.1) is 36.3 Å². The zero-order chi connectivity index (χ0) is 33.5. The van der Waals surface area contributed by atoms with Gasteiger partial charge < -0.3 is 34.6 Å². The van der Waals surface area contributed by atoms with Crippen molar-refractivity contribution < 1.29 is 40.7 Å². The van der Waals surface area contributed by atoms with Gasteiger partial charge in [-0.25, -0.2) is 13.4 Å². The van der Waals surface area contributed by atoms with Crippen molar-refractivity contribution in [3.05, 3.63) is 52.2 Å². The van der Waals surface area contributed by atoms with Crippen LogP contribution in [0, 0.1) is 10.1 Å². The summed E-state index contributed by atoms with van der Waals surface area (Å²) < 4.78 is 80.9. The minimum atomic E-state index is -4.88. The number of nitrogens with zero attached hydrogens (tertiary/aromatic N) is 5. The number of alkyl halides is 3. The van der Waals surface area contributed by atoms with E-state index >= 15 is 0 Å². The first-order valence-corrected chi connectivity index (χ1v) is 15.3. The molecule has 0 spiro atoms. The number of sulfone groups is 1. The van der Waals surface area contributed by atoms with E-state index in [9.17, 15) is 31.7 Å². The number of methoxy groups -OCH3 is 2.